The van der Waals surface area contributed by atoms with Gasteiger partial charge in [-0.2, -0.15) is 0 Å². The summed E-state index contributed by atoms with van der Waals surface area (Å²) in [7, 11) is 1.27. The van der Waals surface area contributed by atoms with E-state index in [0.717, 1.165) is 0 Å². The molecule has 0 radical (unpaired) electrons. The fourth-order valence-electron chi connectivity index (χ4n) is 1.46. The van der Waals surface area contributed by atoms with Gasteiger partial charge in [-0.05, 0) is 19.9 Å². The van der Waals surface area contributed by atoms with E-state index in [2.05, 4.69) is 10.1 Å². The van der Waals surface area contributed by atoms with Gasteiger partial charge >= 0.3 is 5.97 Å². The Morgan fingerprint density at radius 1 is 1.32 bits per heavy atom. The van der Waals surface area contributed by atoms with Crippen LogP contribution in [0.3, 0.4) is 0 Å². The molecule has 0 saturated heterocycles. The molecule has 0 aromatic heterocycles. The van der Waals surface area contributed by atoms with Crippen LogP contribution in [0, 0.1) is 0 Å². The first-order chi connectivity index (χ1) is 8.85. The molecule has 1 aromatic carbocycles. The minimum Gasteiger partial charge on any atom is -0.490 e. The van der Waals surface area contributed by atoms with Crippen LogP contribution in [-0.4, -0.2) is 25.1 Å². The Balaban J connectivity index is 3.27. The van der Waals surface area contributed by atoms with Crippen LogP contribution in [0.2, 0.25) is 5.02 Å². The molecule has 6 heteroatoms. The van der Waals surface area contributed by atoms with Crippen molar-refractivity contribution in [1.82, 2.24) is 0 Å². The largest absolute Gasteiger partial charge is 0.490 e. The molecule has 0 bridgehead atoms. The fraction of sp³-hybridized carbons (Fsp3) is 0.385. The van der Waals surface area contributed by atoms with Crippen molar-refractivity contribution < 1.29 is 19.1 Å². The summed E-state index contributed by atoms with van der Waals surface area (Å²) in [4.78, 5) is 22.7. The minimum absolute atomic E-state index is 0.130. The molecule has 0 unspecified atom stereocenters. The van der Waals surface area contributed by atoms with Gasteiger partial charge in [-0.15, -0.1) is 0 Å². The van der Waals surface area contributed by atoms with Crippen molar-refractivity contribution in [3.8, 4) is 5.75 Å². The summed E-state index contributed by atoms with van der Waals surface area (Å²) in [5.41, 5.74) is 0.604. The van der Waals surface area contributed by atoms with Gasteiger partial charge in [0.1, 0.15) is 11.3 Å². The molecule has 0 atom stereocenters. The summed E-state index contributed by atoms with van der Waals surface area (Å²) in [6.07, 6.45) is -0.130. The molecule has 0 saturated carbocycles. The van der Waals surface area contributed by atoms with E-state index in [4.69, 9.17) is 16.3 Å². The summed E-state index contributed by atoms with van der Waals surface area (Å²) in [6.45, 7) is 5.02. The third kappa shape index (κ3) is 4.13. The van der Waals surface area contributed by atoms with Gasteiger partial charge in [-0.1, -0.05) is 11.6 Å². The van der Waals surface area contributed by atoms with E-state index in [-0.39, 0.29) is 22.6 Å². The molecule has 0 aliphatic heterocycles. The molecule has 104 valence electrons. The molecule has 19 heavy (non-hydrogen) atoms. The highest BCUT2D eigenvalue weighted by molar-refractivity contribution is 6.34. The number of ether oxygens (including phenoxy) is 2. The van der Waals surface area contributed by atoms with Crippen molar-refractivity contribution in [3.05, 3.63) is 22.7 Å². The van der Waals surface area contributed by atoms with Gasteiger partial charge in [0.15, 0.2) is 0 Å². The van der Waals surface area contributed by atoms with Crippen molar-refractivity contribution in [2.75, 3.05) is 12.4 Å². The molecular weight excluding hydrogens is 270 g/mol. The lowest BCUT2D eigenvalue weighted by molar-refractivity contribution is -0.114. The topological polar surface area (TPSA) is 64.6 Å². The number of amides is 1. The fourth-order valence-corrected chi connectivity index (χ4v) is 1.67. The molecule has 1 amide bonds. The number of hydrogen-bond acceptors (Lipinski definition) is 4. The molecule has 0 aliphatic carbocycles. The number of methoxy groups -OCH3 is 1. The van der Waals surface area contributed by atoms with Crippen molar-refractivity contribution in [2.45, 2.75) is 26.9 Å². The number of carbonyl (C=O) groups excluding carboxylic acids is 2. The number of hydrogen-bond donors (Lipinski definition) is 1. The van der Waals surface area contributed by atoms with Crippen LogP contribution in [0.5, 0.6) is 5.75 Å². The normalized spacial score (nSPS) is 10.2. The van der Waals surface area contributed by atoms with Crippen LogP contribution in [0.15, 0.2) is 12.1 Å². The molecular formula is C13H16ClNO4. The van der Waals surface area contributed by atoms with Crippen LogP contribution in [0.25, 0.3) is 0 Å². The maximum absolute atomic E-state index is 11.7. The second kappa shape index (κ2) is 6.43. The first-order valence-corrected chi connectivity index (χ1v) is 6.09. The molecule has 0 fully saturated rings. The first kappa shape index (κ1) is 15.3. The van der Waals surface area contributed by atoms with Gasteiger partial charge in [0.2, 0.25) is 5.91 Å². The zero-order chi connectivity index (χ0) is 14.6. The molecule has 1 aromatic rings. The van der Waals surface area contributed by atoms with E-state index < -0.39 is 5.97 Å². The lowest BCUT2D eigenvalue weighted by Crippen LogP contribution is -2.13. The van der Waals surface area contributed by atoms with E-state index in [1.165, 1.54) is 26.2 Å². The van der Waals surface area contributed by atoms with Crippen molar-refractivity contribution >= 4 is 29.2 Å². The standard InChI is InChI=1S/C13H16ClNO4/c1-7(2)19-12-6-11(15-8(3)16)10(14)5-9(12)13(17)18-4/h5-7H,1-4H3,(H,15,16). The number of rotatable bonds is 4. The number of benzene rings is 1. The van der Waals surface area contributed by atoms with Crippen molar-refractivity contribution in [2.24, 2.45) is 0 Å². The van der Waals surface area contributed by atoms with E-state index in [0.29, 0.717) is 11.4 Å². The highest BCUT2D eigenvalue weighted by Gasteiger charge is 2.18. The van der Waals surface area contributed by atoms with Crippen molar-refractivity contribution in [1.29, 1.82) is 0 Å². The summed E-state index contributed by atoms with van der Waals surface area (Å²) in [5, 5.41) is 2.81. The number of esters is 1. The average Bonchev–Trinajstić information content (AvgIpc) is 2.30. The Kier molecular flexibility index (Phi) is 5.18. The van der Waals surface area contributed by atoms with Crippen LogP contribution < -0.4 is 10.1 Å². The van der Waals surface area contributed by atoms with Crippen LogP contribution in [0.4, 0.5) is 5.69 Å². The summed E-state index contributed by atoms with van der Waals surface area (Å²) in [6, 6.07) is 2.92. The summed E-state index contributed by atoms with van der Waals surface area (Å²) in [5.74, 6) is -0.495. The van der Waals surface area contributed by atoms with E-state index in [9.17, 15) is 9.59 Å². The number of halogens is 1. The van der Waals surface area contributed by atoms with Gasteiger partial charge in [0.05, 0.1) is 23.9 Å². The monoisotopic (exact) mass is 285 g/mol. The molecule has 5 nitrogen and oxygen atoms in total. The van der Waals surface area contributed by atoms with Crippen LogP contribution >= 0.6 is 11.6 Å². The van der Waals surface area contributed by atoms with Gasteiger partial charge in [-0.3, -0.25) is 4.79 Å². The zero-order valence-corrected chi connectivity index (χ0v) is 12.0. The Hall–Kier alpha value is -1.75. The number of carbonyl (C=O) groups is 2. The van der Waals surface area contributed by atoms with Gasteiger partial charge < -0.3 is 14.8 Å². The lowest BCUT2D eigenvalue weighted by atomic mass is 10.1. The lowest BCUT2D eigenvalue weighted by Gasteiger charge is -2.15. The molecule has 0 spiro atoms. The van der Waals surface area contributed by atoms with Gasteiger partial charge in [0.25, 0.3) is 0 Å². The predicted molar refractivity (Wildman–Crippen MR) is 72.9 cm³/mol. The molecule has 1 N–H and O–H groups in total. The average molecular weight is 286 g/mol. The maximum Gasteiger partial charge on any atom is 0.341 e. The number of nitrogens with one attached hydrogen (secondary N) is 1. The van der Waals surface area contributed by atoms with E-state index in [1.54, 1.807) is 0 Å². The van der Waals surface area contributed by atoms with E-state index in [1.807, 2.05) is 13.8 Å². The zero-order valence-electron chi connectivity index (χ0n) is 11.2. The van der Waals surface area contributed by atoms with Crippen LogP contribution in [-0.2, 0) is 9.53 Å². The molecule has 0 aliphatic rings. The van der Waals surface area contributed by atoms with E-state index >= 15 is 0 Å². The van der Waals surface area contributed by atoms with Crippen LogP contribution in [0.1, 0.15) is 31.1 Å². The molecule has 1 rings (SSSR count). The summed E-state index contributed by atoms with van der Waals surface area (Å²) < 4.78 is 10.2. The minimum atomic E-state index is -0.549. The van der Waals surface area contributed by atoms with Gasteiger partial charge in [-0.25, -0.2) is 4.79 Å². The van der Waals surface area contributed by atoms with Gasteiger partial charge in [0, 0.05) is 13.0 Å². The Labute approximate surface area is 116 Å². The predicted octanol–water partition coefficient (Wildman–Crippen LogP) is 2.87. The Morgan fingerprint density at radius 3 is 2.42 bits per heavy atom. The smallest absolute Gasteiger partial charge is 0.341 e. The maximum atomic E-state index is 11.7. The van der Waals surface area contributed by atoms with Crippen molar-refractivity contribution in [3.63, 3.8) is 0 Å². The Bertz CT molecular complexity index is 500. The molecule has 0 heterocycles. The highest BCUT2D eigenvalue weighted by Crippen LogP contribution is 2.32. The second-order valence-electron chi connectivity index (χ2n) is 4.17. The SMILES string of the molecule is COC(=O)c1cc(Cl)c(NC(C)=O)cc1OC(C)C. The Morgan fingerprint density at radius 2 is 1.95 bits per heavy atom. The third-order valence-corrected chi connectivity index (χ3v) is 2.46. The first-order valence-electron chi connectivity index (χ1n) is 5.71. The second-order valence-corrected chi connectivity index (χ2v) is 4.57. The third-order valence-electron chi connectivity index (χ3n) is 2.15. The summed E-state index contributed by atoms with van der Waals surface area (Å²) >= 11 is 6.00. The highest BCUT2D eigenvalue weighted by atomic mass is 35.5. The number of anilines is 1. The quantitative estimate of drug-likeness (QED) is 0.864.